The van der Waals surface area contributed by atoms with Crippen LogP contribution in [-0.2, 0) is 10.2 Å². The van der Waals surface area contributed by atoms with Gasteiger partial charge in [-0.15, -0.1) is 0 Å². The highest BCUT2D eigenvalue weighted by Crippen LogP contribution is 2.61. The molecule has 0 amide bonds. The Balaban J connectivity index is 1.74. The largest absolute Gasteiger partial charge is 0.467 e. The third-order valence-corrected chi connectivity index (χ3v) is 6.30. The molecule has 124 valence electrons. The van der Waals surface area contributed by atoms with E-state index in [0.29, 0.717) is 12.2 Å². The van der Waals surface area contributed by atoms with Gasteiger partial charge >= 0.3 is 0 Å². The van der Waals surface area contributed by atoms with Crippen molar-refractivity contribution in [3.05, 3.63) is 35.4 Å². The number of hydrogen-bond acceptors (Lipinski definition) is 2. The van der Waals surface area contributed by atoms with E-state index < -0.39 is 0 Å². The van der Waals surface area contributed by atoms with Gasteiger partial charge in [-0.05, 0) is 86.3 Å². The molecule has 4 aliphatic rings. The third-order valence-electron chi connectivity index (χ3n) is 6.30. The van der Waals surface area contributed by atoms with Crippen LogP contribution in [0.4, 0.5) is 0 Å². The fourth-order valence-corrected chi connectivity index (χ4v) is 5.95. The van der Waals surface area contributed by atoms with E-state index >= 15 is 0 Å². The summed E-state index contributed by atoms with van der Waals surface area (Å²) in [7, 11) is 1.69. The molecule has 0 N–H and O–H groups in total. The zero-order valence-electron chi connectivity index (χ0n) is 14.4. The smallest absolute Gasteiger partial charge is 0.188 e. The molecule has 1 aromatic rings. The molecule has 0 unspecified atom stereocenters. The monoisotopic (exact) mass is 312 g/mol. The van der Waals surface area contributed by atoms with Crippen LogP contribution in [0.25, 0.3) is 6.08 Å². The van der Waals surface area contributed by atoms with Gasteiger partial charge < -0.3 is 9.47 Å². The molecule has 4 saturated carbocycles. The zero-order valence-corrected chi connectivity index (χ0v) is 14.4. The molecular formula is C21H28O2. The number of benzene rings is 1. The molecule has 0 atom stereocenters. The summed E-state index contributed by atoms with van der Waals surface area (Å²) in [6.07, 6.45) is 12.8. The average Bonchev–Trinajstić information content (AvgIpc) is 2.52. The minimum absolute atomic E-state index is 0.336. The van der Waals surface area contributed by atoms with Gasteiger partial charge in [-0.3, -0.25) is 0 Å². The van der Waals surface area contributed by atoms with Crippen LogP contribution in [0.1, 0.15) is 56.6 Å². The van der Waals surface area contributed by atoms with Crippen molar-refractivity contribution in [2.24, 2.45) is 17.8 Å². The van der Waals surface area contributed by atoms with Crippen molar-refractivity contribution < 1.29 is 9.47 Å². The normalized spacial score (nSPS) is 35.1. The van der Waals surface area contributed by atoms with Crippen LogP contribution < -0.4 is 4.74 Å². The van der Waals surface area contributed by atoms with Crippen LogP contribution >= 0.6 is 0 Å². The number of allylic oxidation sites excluding steroid dienone is 1. The standard InChI is InChI=1S/C21H28O2/c1-3-4-15-5-6-20(23-14-22-2)19(10-15)21-11-16-7-17(12-21)9-18(8-16)13-21/h3-6,10,16-18H,7-9,11-14H2,1-2H3. The summed E-state index contributed by atoms with van der Waals surface area (Å²) < 4.78 is 11.1. The minimum Gasteiger partial charge on any atom is -0.467 e. The highest BCUT2D eigenvalue weighted by Gasteiger charge is 2.52. The molecule has 4 aliphatic carbocycles. The SMILES string of the molecule is CC=Cc1ccc(OCOC)c(C23CC4CC(CC(C4)C2)C3)c1. The molecule has 0 aliphatic heterocycles. The Hall–Kier alpha value is -1.28. The van der Waals surface area contributed by atoms with Crippen molar-refractivity contribution in [2.45, 2.75) is 50.9 Å². The van der Waals surface area contributed by atoms with Crippen molar-refractivity contribution >= 4 is 6.08 Å². The van der Waals surface area contributed by atoms with Gasteiger partial charge in [-0.2, -0.15) is 0 Å². The van der Waals surface area contributed by atoms with Crippen LogP contribution in [0.2, 0.25) is 0 Å². The fourth-order valence-electron chi connectivity index (χ4n) is 5.95. The summed E-state index contributed by atoms with van der Waals surface area (Å²) in [5.74, 6) is 3.88. The van der Waals surface area contributed by atoms with Gasteiger partial charge in [0.25, 0.3) is 0 Å². The van der Waals surface area contributed by atoms with Gasteiger partial charge in [0.05, 0.1) is 0 Å². The number of rotatable bonds is 5. The minimum atomic E-state index is 0.336. The van der Waals surface area contributed by atoms with Crippen molar-refractivity contribution in [2.75, 3.05) is 13.9 Å². The van der Waals surface area contributed by atoms with Crippen LogP contribution in [0.15, 0.2) is 24.3 Å². The lowest BCUT2D eigenvalue weighted by Gasteiger charge is -2.57. The summed E-state index contributed by atoms with van der Waals surface area (Å²) >= 11 is 0. The Labute approximate surface area is 139 Å². The van der Waals surface area contributed by atoms with Gasteiger partial charge in [0.1, 0.15) is 5.75 Å². The molecule has 4 bridgehead atoms. The molecule has 0 heterocycles. The fraction of sp³-hybridized carbons (Fsp3) is 0.619. The highest BCUT2D eigenvalue weighted by atomic mass is 16.7. The van der Waals surface area contributed by atoms with Gasteiger partial charge in [0.2, 0.25) is 0 Å². The van der Waals surface area contributed by atoms with Gasteiger partial charge in [0.15, 0.2) is 6.79 Å². The van der Waals surface area contributed by atoms with E-state index in [-0.39, 0.29) is 0 Å². The van der Waals surface area contributed by atoms with Crippen LogP contribution in [0.5, 0.6) is 5.75 Å². The molecule has 0 aromatic heterocycles. The summed E-state index contributed by atoms with van der Waals surface area (Å²) in [5, 5.41) is 0. The lowest BCUT2D eigenvalue weighted by molar-refractivity contribution is -0.00883. The average molecular weight is 312 g/mol. The van der Waals surface area contributed by atoms with Gasteiger partial charge in [0, 0.05) is 12.7 Å². The van der Waals surface area contributed by atoms with E-state index in [1.54, 1.807) is 7.11 Å². The second-order valence-corrected chi connectivity index (χ2v) is 8.00. The first-order valence-electron chi connectivity index (χ1n) is 9.11. The maximum absolute atomic E-state index is 5.96. The topological polar surface area (TPSA) is 18.5 Å². The maximum Gasteiger partial charge on any atom is 0.188 e. The molecule has 0 saturated heterocycles. The molecule has 23 heavy (non-hydrogen) atoms. The summed E-state index contributed by atoms with van der Waals surface area (Å²) in [4.78, 5) is 0. The molecule has 0 radical (unpaired) electrons. The zero-order chi connectivity index (χ0) is 15.9. The second-order valence-electron chi connectivity index (χ2n) is 8.00. The maximum atomic E-state index is 5.96. The molecule has 4 fully saturated rings. The van der Waals surface area contributed by atoms with E-state index in [4.69, 9.17) is 9.47 Å². The third kappa shape index (κ3) is 2.71. The van der Waals surface area contributed by atoms with Gasteiger partial charge in [-0.1, -0.05) is 18.2 Å². The summed E-state index contributed by atoms with van der Waals surface area (Å²) in [5.41, 5.74) is 3.10. The first kappa shape index (κ1) is 15.3. The first-order chi connectivity index (χ1) is 11.2. The Morgan fingerprint density at radius 3 is 2.30 bits per heavy atom. The Kier molecular flexibility index (Phi) is 3.96. The molecule has 2 heteroatoms. The van der Waals surface area contributed by atoms with Crippen LogP contribution in [0.3, 0.4) is 0 Å². The van der Waals surface area contributed by atoms with E-state index in [9.17, 15) is 0 Å². The van der Waals surface area contributed by atoms with Crippen LogP contribution in [0, 0.1) is 17.8 Å². The molecule has 5 rings (SSSR count). The summed E-state index contributed by atoms with van der Waals surface area (Å²) in [6.45, 7) is 2.42. The predicted octanol–water partition coefficient (Wildman–Crippen LogP) is 5.17. The highest BCUT2D eigenvalue weighted by molar-refractivity contribution is 5.55. The number of ether oxygens (including phenoxy) is 2. The van der Waals surface area contributed by atoms with Crippen molar-refractivity contribution in [3.8, 4) is 5.75 Å². The van der Waals surface area contributed by atoms with Crippen molar-refractivity contribution in [1.29, 1.82) is 0 Å². The molecule has 2 nitrogen and oxygen atoms in total. The van der Waals surface area contributed by atoms with E-state index in [2.05, 4.69) is 37.3 Å². The Morgan fingerprint density at radius 2 is 1.74 bits per heavy atom. The predicted molar refractivity (Wildman–Crippen MR) is 93.5 cm³/mol. The lowest BCUT2D eigenvalue weighted by Crippen LogP contribution is -2.48. The number of hydrogen-bond donors (Lipinski definition) is 0. The van der Waals surface area contributed by atoms with Crippen molar-refractivity contribution in [3.63, 3.8) is 0 Å². The molecule has 0 spiro atoms. The lowest BCUT2D eigenvalue weighted by atomic mass is 9.48. The van der Waals surface area contributed by atoms with Crippen molar-refractivity contribution in [1.82, 2.24) is 0 Å². The Morgan fingerprint density at radius 1 is 1.09 bits per heavy atom. The van der Waals surface area contributed by atoms with E-state index in [1.807, 2.05) is 0 Å². The van der Waals surface area contributed by atoms with Crippen LogP contribution in [-0.4, -0.2) is 13.9 Å². The first-order valence-corrected chi connectivity index (χ1v) is 9.11. The number of methoxy groups -OCH3 is 1. The van der Waals surface area contributed by atoms with E-state index in [1.165, 1.54) is 49.7 Å². The quantitative estimate of drug-likeness (QED) is 0.698. The van der Waals surface area contributed by atoms with Gasteiger partial charge in [-0.25, -0.2) is 0 Å². The molecule has 1 aromatic carbocycles. The summed E-state index contributed by atoms with van der Waals surface area (Å²) in [6, 6.07) is 6.70. The molecular weight excluding hydrogens is 284 g/mol. The Bertz CT molecular complexity index is 567. The van der Waals surface area contributed by atoms with E-state index in [0.717, 1.165) is 23.5 Å². The second kappa shape index (κ2) is 5.98.